The molecule has 1 saturated heterocycles. The summed E-state index contributed by atoms with van der Waals surface area (Å²) >= 11 is 0. The van der Waals surface area contributed by atoms with Crippen molar-refractivity contribution in [2.24, 2.45) is 11.8 Å². The number of piperidine rings is 1. The van der Waals surface area contributed by atoms with Crippen LogP contribution in [0.25, 0.3) is 10.8 Å². The smallest absolute Gasteiger partial charge is 0.167 e. The molecule has 2 aromatic rings. The molecule has 0 spiro atoms. The van der Waals surface area contributed by atoms with Crippen LogP contribution in [0.4, 0.5) is 0 Å². The predicted molar refractivity (Wildman–Crippen MR) is 111 cm³/mol. The molecule has 0 N–H and O–H groups in total. The van der Waals surface area contributed by atoms with Crippen LogP contribution in [-0.4, -0.2) is 36.9 Å². The van der Waals surface area contributed by atoms with Gasteiger partial charge in [0.2, 0.25) is 0 Å². The zero-order chi connectivity index (χ0) is 18.8. The summed E-state index contributed by atoms with van der Waals surface area (Å²) < 4.78 is 5.31. The van der Waals surface area contributed by atoms with E-state index >= 15 is 0 Å². The number of Topliss-reactive ketones (excluding diaryl/α,β-unsaturated/α-hetero) is 1. The van der Waals surface area contributed by atoms with E-state index in [1.807, 2.05) is 18.2 Å². The van der Waals surface area contributed by atoms with Crippen LogP contribution in [0.15, 0.2) is 36.4 Å². The molecule has 2 atom stereocenters. The summed E-state index contributed by atoms with van der Waals surface area (Å²) in [7, 11) is 1.68. The van der Waals surface area contributed by atoms with Gasteiger partial charge < -0.3 is 4.74 Å². The summed E-state index contributed by atoms with van der Waals surface area (Å²) in [6, 6.07) is 12.9. The summed E-state index contributed by atoms with van der Waals surface area (Å²) in [4.78, 5) is 16.1. The lowest BCUT2D eigenvalue weighted by Gasteiger charge is -2.45. The van der Waals surface area contributed by atoms with Crippen molar-refractivity contribution in [3.63, 3.8) is 0 Å². The topological polar surface area (TPSA) is 29.5 Å². The first-order chi connectivity index (χ1) is 13.2. The maximum atomic E-state index is 13.5. The van der Waals surface area contributed by atoms with Gasteiger partial charge in [-0.1, -0.05) is 38.0 Å². The molecule has 2 aliphatic rings. The molecule has 0 aromatic heterocycles. The number of fused-ring (bicyclic) bond motifs is 1. The first-order valence-corrected chi connectivity index (χ1v) is 10.6. The molecule has 2 aromatic carbocycles. The highest BCUT2D eigenvalue weighted by molar-refractivity contribution is 6.01. The van der Waals surface area contributed by atoms with Crippen molar-refractivity contribution in [1.29, 1.82) is 0 Å². The van der Waals surface area contributed by atoms with Gasteiger partial charge in [0.05, 0.1) is 7.11 Å². The molecular weight excluding hydrogens is 334 g/mol. The van der Waals surface area contributed by atoms with Gasteiger partial charge in [-0.3, -0.25) is 9.69 Å². The van der Waals surface area contributed by atoms with E-state index in [1.54, 1.807) is 7.11 Å². The number of methoxy groups -OCH3 is 1. The van der Waals surface area contributed by atoms with E-state index in [4.69, 9.17) is 4.74 Å². The maximum absolute atomic E-state index is 13.5. The van der Waals surface area contributed by atoms with Gasteiger partial charge in [-0.05, 0) is 67.1 Å². The second-order valence-electron chi connectivity index (χ2n) is 8.32. The van der Waals surface area contributed by atoms with Gasteiger partial charge in [0.25, 0.3) is 0 Å². The molecule has 4 rings (SSSR count). The Hall–Kier alpha value is -1.87. The Kier molecular flexibility index (Phi) is 5.49. The molecule has 2 fully saturated rings. The summed E-state index contributed by atoms with van der Waals surface area (Å²) in [5.41, 5.74) is 0.870. The number of rotatable bonds is 6. The molecule has 0 amide bonds. The zero-order valence-corrected chi connectivity index (χ0v) is 16.6. The highest BCUT2D eigenvalue weighted by Crippen LogP contribution is 2.35. The van der Waals surface area contributed by atoms with E-state index < -0.39 is 0 Å². The fourth-order valence-corrected chi connectivity index (χ4v) is 4.84. The zero-order valence-electron chi connectivity index (χ0n) is 16.6. The van der Waals surface area contributed by atoms with Crippen molar-refractivity contribution < 1.29 is 9.53 Å². The van der Waals surface area contributed by atoms with Crippen molar-refractivity contribution in [3.05, 3.63) is 42.0 Å². The Labute approximate surface area is 162 Å². The number of hydrogen-bond donors (Lipinski definition) is 0. The highest BCUT2D eigenvalue weighted by Gasteiger charge is 2.37. The average molecular weight is 366 g/mol. The van der Waals surface area contributed by atoms with Gasteiger partial charge in [0, 0.05) is 24.1 Å². The third-order valence-electron chi connectivity index (χ3n) is 6.71. The molecule has 1 heterocycles. The molecule has 3 nitrogen and oxygen atoms in total. The van der Waals surface area contributed by atoms with Gasteiger partial charge in [0.15, 0.2) is 5.78 Å². The molecule has 3 heteroatoms. The van der Waals surface area contributed by atoms with Crippen molar-refractivity contribution in [3.8, 4) is 5.75 Å². The van der Waals surface area contributed by atoms with Crippen LogP contribution in [0.2, 0.25) is 0 Å². The Balaban J connectivity index is 1.58. The van der Waals surface area contributed by atoms with Crippen LogP contribution in [0.5, 0.6) is 5.75 Å². The fraction of sp³-hybridized carbons (Fsp3) is 0.542. The van der Waals surface area contributed by atoms with Crippen LogP contribution >= 0.6 is 0 Å². The van der Waals surface area contributed by atoms with Gasteiger partial charge >= 0.3 is 0 Å². The lowest BCUT2D eigenvalue weighted by molar-refractivity contribution is 0.0390. The summed E-state index contributed by atoms with van der Waals surface area (Å²) in [6.45, 7) is 4.37. The molecule has 1 aliphatic heterocycles. The number of benzene rings is 2. The van der Waals surface area contributed by atoms with Crippen molar-refractivity contribution in [2.75, 3.05) is 20.2 Å². The van der Waals surface area contributed by atoms with Gasteiger partial charge in [-0.15, -0.1) is 0 Å². The lowest BCUT2D eigenvalue weighted by atomic mass is 9.76. The Bertz CT molecular complexity index is 811. The second kappa shape index (κ2) is 8.02. The number of carbonyl (C=O) groups excluding carboxylic acids is 1. The minimum absolute atomic E-state index is 0.148. The predicted octanol–water partition coefficient (Wildman–Crippen LogP) is 5.32. The van der Waals surface area contributed by atoms with E-state index in [1.165, 1.54) is 38.6 Å². The summed E-state index contributed by atoms with van der Waals surface area (Å²) in [6.07, 6.45) is 7.49. The van der Waals surface area contributed by atoms with E-state index in [2.05, 4.69) is 30.0 Å². The minimum atomic E-state index is 0.148. The minimum Gasteiger partial charge on any atom is -0.497 e. The number of ketones is 1. The first kappa shape index (κ1) is 18.5. The van der Waals surface area contributed by atoms with Crippen LogP contribution < -0.4 is 4.74 Å². The average Bonchev–Trinajstić information content (AvgIpc) is 2.66. The molecule has 0 unspecified atom stereocenters. The second-order valence-corrected chi connectivity index (χ2v) is 8.32. The van der Waals surface area contributed by atoms with Crippen LogP contribution in [0.3, 0.4) is 0 Å². The molecule has 1 aliphatic carbocycles. The Morgan fingerprint density at radius 3 is 2.59 bits per heavy atom. The Morgan fingerprint density at radius 2 is 1.89 bits per heavy atom. The van der Waals surface area contributed by atoms with E-state index in [-0.39, 0.29) is 5.92 Å². The van der Waals surface area contributed by atoms with Crippen LogP contribution in [0, 0.1) is 11.8 Å². The van der Waals surface area contributed by atoms with Gasteiger partial charge in [-0.2, -0.15) is 0 Å². The standard InChI is InChI=1S/C24H31NO2/c1-3-5-17-12-13-25(21-6-4-7-21)16-23(17)24(26)20-9-8-19-15-22(27-2)11-10-18(19)14-20/h8-11,14-15,17,21,23H,3-7,12-13,16H2,1-2H3/t17-,23+/m1/s1. The third kappa shape index (κ3) is 3.75. The lowest BCUT2D eigenvalue weighted by Crippen LogP contribution is -2.50. The largest absolute Gasteiger partial charge is 0.497 e. The molecule has 0 radical (unpaired) electrons. The first-order valence-electron chi connectivity index (χ1n) is 10.6. The van der Waals surface area contributed by atoms with E-state index in [0.29, 0.717) is 11.7 Å². The summed E-state index contributed by atoms with van der Waals surface area (Å²) in [5, 5.41) is 2.23. The van der Waals surface area contributed by atoms with Gasteiger partial charge in [0.1, 0.15) is 5.75 Å². The van der Waals surface area contributed by atoms with Crippen molar-refractivity contribution >= 4 is 16.6 Å². The normalized spacial score (nSPS) is 23.9. The SMILES string of the molecule is CCC[C@@H]1CCN(C2CCC2)C[C@@H]1C(=O)c1ccc2cc(OC)ccc2c1. The molecule has 144 valence electrons. The maximum Gasteiger partial charge on any atom is 0.167 e. The molecular formula is C24H31NO2. The van der Waals surface area contributed by atoms with Crippen molar-refractivity contribution in [2.45, 2.75) is 51.5 Å². The highest BCUT2D eigenvalue weighted by atomic mass is 16.5. The Morgan fingerprint density at radius 1 is 1.11 bits per heavy atom. The van der Waals surface area contributed by atoms with E-state index in [0.717, 1.165) is 41.1 Å². The number of likely N-dealkylation sites (tertiary alicyclic amines) is 1. The van der Waals surface area contributed by atoms with Gasteiger partial charge in [-0.25, -0.2) is 0 Å². The van der Waals surface area contributed by atoms with Crippen LogP contribution in [0.1, 0.15) is 55.8 Å². The number of nitrogens with zero attached hydrogens (tertiary/aromatic N) is 1. The van der Waals surface area contributed by atoms with Crippen molar-refractivity contribution in [1.82, 2.24) is 4.90 Å². The number of hydrogen-bond acceptors (Lipinski definition) is 3. The number of carbonyl (C=O) groups is 1. The molecule has 1 saturated carbocycles. The third-order valence-corrected chi connectivity index (χ3v) is 6.71. The fourth-order valence-electron chi connectivity index (χ4n) is 4.84. The monoisotopic (exact) mass is 365 g/mol. The molecule has 0 bridgehead atoms. The quantitative estimate of drug-likeness (QED) is 0.649. The number of ether oxygens (including phenoxy) is 1. The van der Waals surface area contributed by atoms with Crippen LogP contribution in [-0.2, 0) is 0 Å². The summed E-state index contributed by atoms with van der Waals surface area (Å²) in [5.74, 6) is 1.88. The molecule has 27 heavy (non-hydrogen) atoms. The van der Waals surface area contributed by atoms with E-state index in [9.17, 15) is 4.79 Å².